The summed E-state index contributed by atoms with van der Waals surface area (Å²) in [6, 6.07) is 8.15. The minimum absolute atomic E-state index is 0.0134. The lowest BCUT2D eigenvalue weighted by atomic mass is 9.96. The van der Waals surface area contributed by atoms with Gasteiger partial charge in [0.15, 0.2) is 11.0 Å². The minimum atomic E-state index is -0.132. The molecule has 0 unspecified atom stereocenters. The van der Waals surface area contributed by atoms with Crippen molar-refractivity contribution >= 4 is 11.8 Å². The minimum Gasteiger partial charge on any atom is -0.338 e. The van der Waals surface area contributed by atoms with Crippen molar-refractivity contribution in [2.24, 2.45) is 0 Å². The maximum absolute atomic E-state index is 5.43. The molecule has 0 aliphatic carbocycles. The van der Waals surface area contributed by atoms with Crippen molar-refractivity contribution in [1.82, 2.24) is 24.9 Å². The molecule has 0 fully saturated rings. The van der Waals surface area contributed by atoms with Gasteiger partial charge in [-0.2, -0.15) is 4.98 Å². The Balaban J connectivity index is 1.84. The summed E-state index contributed by atoms with van der Waals surface area (Å²) in [6.45, 7) is 10.3. The summed E-state index contributed by atoms with van der Waals surface area (Å²) in [5.41, 5.74) is 2.10. The first kappa shape index (κ1) is 16.7. The zero-order valence-electron chi connectivity index (χ0n) is 14.5. The van der Waals surface area contributed by atoms with Crippen molar-refractivity contribution in [3.05, 3.63) is 47.9 Å². The molecule has 6 nitrogen and oxygen atoms in total. The van der Waals surface area contributed by atoms with Crippen LogP contribution in [0, 0.1) is 6.92 Å². The van der Waals surface area contributed by atoms with Crippen molar-refractivity contribution in [1.29, 1.82) is 0 Å². The number of aromatic nitrogens is 5. The molecule has 0 aliphatic rings. The normalized spacial score (nSPS) is 13.2. The second-order valence-corrected chi connectivity index (χ2v) is 8.04. The molecule has 1 aromatic carbocycles. The van der Waals surface area contributed by atoms with Crippen LogP contribution in [0.5, 0.6) is 0 Å². The molecule has 0 spiro atoms. The second-order valence-electron chi connectivity index (χ2n) is 6.74. The van der Waals surface area contributed by atoms with Gasteiger partial charge in [0.25, 0.3) is 0 Å². The van der Waals surface area contributed by atoms with Crippen LogP contribution in [0.15, 0.2) is 40.3 Å². The number of benzene rings is 1. The molecule has 0 saturated carbocycles. The smallest absolute Gasteiger partial charge is 0.239 e. The summed E-state index contributed by atoms with van der Waals surface area (Å²) >= 11 is 1.55. The highest BCUT2D eigenvalue weighted by Crippen LogP contribution is 2.34. The Hall–Kier alpha value is -2.15. The first-order valence-electron chi connectivity index (χ1n) is 7.83. The van der Waals surface area contributed by atoms with Crippen LogP contribution < -0.4 is 0 Å². The summed E-state index contributed by atoms with van der Waals surface area (Å²) in [4.78, 5) is 4.53. The van der Waals surface area contributed by atoms with Crippen LogP contribution in [-0.4, -0.2) is 24.9 Å². The molecule has 2 heterocycles. The molecule has 7 heteroatoms. The molecule has 0 aliphatic heterocycles. The van der Waals surface area contributed by atoms with Gasteiger partial charge in [-0.3, -0.25) is 4.57 Å². The average molecular weight is 343 g/mol. The van der Waals surface area contributed by atoms with Crippen LogP contribution in [0.2, 0.25) is 0 Å². The van der Waals surface area contributed by atoms with Gasteiger partial charge in [0.2, 0.25) is 5.89 Å². The number of para-hydroxylation sites is 1. The van der Waals surface area contributed by atoms with E-state index in [9.17, 15) is 0 Å². The first-order chi connectivity index (χ1) is 11.4. The van der Waals surface area contributed by atoms with Gasteiger partial charge in [-0.25, -0.2) is 0 Å². The first-order valence-corrected chi connectivity index (χ1v) is 8.71. The van der Waals surface area contributed by atoms with Crippen molar-refractivity contribution < 1.29 is 4.52 Å². The van der Waals surface area contributed by atoms with Crippen LogP contribution in [0.25, 0.3) is 5.69 Å². The number of aryl methyl sites for hydroxylation is 1. The highest BCUT2D eigenvalue weighted by molar-refractivity contribution is 7.99. The summed E-state index contributed by atoms with van der Waals surface area (Å²) in [5, 5.41) is 13.2. The van der Waals surface area contributed by atoms with E-state index in [0.717, 1.165) is 10.8 Å². The van der Waals surface area contributed by atoms with Crippen molar-refractivity contribution in [3.63, 3.8) is 0 Å². The fraction of sp³-hybridized carbons (Fsp3) is 0.412. The third kappa shape index (κ3) is 3.36. The van der Waals surface area contributed by atoms with Crippen molar-refractivity contribution in [3.8, 4) is 5.69 Å². The molecular weight excluding hydrogens is 322 g/mol. The summed E-state index contributed by atoms with van der Waals surface area (Å²) in [7, 11) is 0. The van der Waals surface area contributed by atoms with Crippen LogP contribution >= 0.6 is 11.8 Å². The fourth-order valence-electron chi connectivity index (χ4n) is 2.22. The monoisotopic (exact) mass is 343 g/mol. The third-order valence-corrected chi connectivity index (χ3v) is 4.68. The van der Waals surface area contributed by atoms with E-state index < -0.39 is 0 Å². The SMILES string of the molecule is Cc1ccccc1-n1cnnc1S[C@@H](C)c1nc(C(C)(C)C)no1. The van der Waals surface area contributed by atoms with Crippen LogP contribution in [0.1, 0.15) is 50.2 Å². The molecule has 2 aromatic heterocycles. The van der Waals surface area contributed by atoms with E-state index in [2.05, 4.69) is 60.2 Å². The van der Waals surface area contributed by atoms with Crippen molar-refractivity contribution in [2.75, 3.05) is 0 Å². The Labute approximate surface area is 145 Å². The molecule has 1 atom stereocenters. The van der Waals surface area contributed by atoms with Gasteiger partial charge in [0, 0.05) is 5.41 Å². The van der Waals surface area contributed by atoms with E-state index in [1.165, 1.54) is 5.56 Å². The van der Waals surface area contributed by atoms with Gasteiger partial charge >= 0.3 is 0 Å². The van der Waals surface area contributed by atoms with E-state index in [4.69, 9.17) is 4.52 Å². The molecule has 0 amide bonds. The Morgan fingerprint density at radius 2 is 1.96 bits per heavy atom. The van der Waals surface area contributed by atoms with E-state index in [-0.39, 0.29) is 10.7 Å². The van der Waals surface area contributed by atoms with Crippen LogP contribution in [0.4, 0.5) is 0 Å². The Bertz CT molecular complexity index is 833. The predicted molar refractivity (Wildman–Crippen MR) is 93.4 cm³/mol. The summed E-state index contributed by atoms with van der Waals surface area (Å²) in [5.74, 6) is 1.31. The number of hydrogen-bond donors (Lipinski definition) is 0. The molecule has 0 saturated heterocycles. The lowest BCUT2D eigenvalue weighted by Crippen LogP contribution is -2.13. The van der Waals surface area contributed by atoms with Gasteiger partial charge in [0.1, 0.15) is 6.33 Å². The van der Waals surface area contributed by atoms with Crippen molar-refractivity contribution in [2.45, 2.75) is 50.4 Å². The van der Waals surface area contributed by atoms with Gasteiger partial charge in [-0.05, 0) is 25.5 Å². The van der Waals surface area contributed by atoms with Gasteiger partial charge in [-0.1, -0.05) is 55.9 Å². The average Bonchev–Trinajstić information content (AvgIpc) is 3.16. The molecule has 3 rings (SSSR count). The largest absolute Gasteiger partial charge is 0.338 e. The quantitative estimate of drug-likeness (QED) is 0.664. The van der Waals surface area contributed by atoms with Crippen LogP contribution in [-0.2, 0) is 5.41 Å². The molecule has 126 valence electrons. The number of hydrogen-bond acceptors (Lipinski definition) is 6. The summed E-state index contributed by atoms with van der Waals surface area (Å²) in [6.07, 6.45) is 1.73. The lowest BCUT2D eigenvalue weighted by Gasteiger charge is -2.12. The van der Waals surface area contributed by atoms with E-state index >= 15 is 0 Å². The van der Waals surface area contributed by atoms with Gasteiger partial charge in [-0.15, -0.1) is 10.2 Å². The Morgan fingerprint density at radius 1 is 1.21 bits per heavy atom. The fourth-order valence-corrected chi connectivity index (χ4v) is 3.08. The number of nitrogens with zero attached hydrogens (tertiary/aromatic N) is 5. The second kappa shape index (κ2) is 6.39. The maximum Gasteiger partial charge on any atom is 0.239 e. The highest BCUT2D eigenvalue weighted by Gasteiger charge is 2.24. The van der Waals surface area contributed by atoms with Crippen LogP contribution in [0.3, 0.4) is 0 Å². The maximum atomic E-state index is 5.43. The molecule has 0 N–H and O–H groups in total. The number of thioether (sulfide) groups is 1. The number of rotatable bonds is 4. The molecule has 24 heavy (non-hydrogen) atoms. The van der Waals surface area contributed by atoms with E-state index in [0.29, 0.717) is 11.7 Å². The van der Waals surface area contributed by atoms with E-state index in [1.807, 2.05) is 23.6 Å². The molecule has 3 aromatic rings. The topological polar surface area (TPSA) is 69.6 Å². The van der Waals surface area contributed by atoms with Gasteiger partial charge < -0.3 is 4.52 Å². The Morgan fingerprint density at radius 3 is 2.62 bits per heavy atom. The molecule has 0 radical (unpaired) electrons. The van der Waals surface area contributed by atoms with Gasteiger partial charge in [0.05, 0.1) is 10.9 Å². The molecular formula is C17H21N5OS. The predicted octanol–water partition coefficient (Wildman–Crippen LogP) is 4.11. The highest BCUT2D eigenvalue weighted by atomic mass is 32.2. The molecule has 0 bridgehead atoms. The third-order valence-electron chi connectivity index (χ3n) is 3.63. The Kier molecular flexibility index (Phi) is 4.45. The summed E-state index contributed by atoms with van der Waals surface area (Å²) < 4.78 is 7.42. The zero-order chi connectivity index (χ0) is 17.3. The standard InChI is InChI=1S/C17H21N5OS/c1-11-8-6-7-9-13(11)22-10-18-20-16(22)24-12(2)14-19-15(21-23-14)17(3,4)5/h6-10,12H,1-5H3/t12-/m0/s1. The van der Waals surface area contributed by atoms with E-state index in [1.54, 1.807) is 18.1 Å². The lowest BCUT2D eigenvalue weighted by molar-refractivity contribution is 0.364. The zero-order valence-corrected chi connectivity index (χ0v) is 15.3.